The molecule has 0 aliphatic heterocycles. The molecule has 0 saturated carbocycles. The molecule has 1 aromatic rings. The summed E-state index contributed by atoms with van der Waals surface area (Å²) < 4.78 is 1.01. The van der Waals surface area contributed by atoms with E-state index in [0.29, 0.717) is 12.6 Å². The molecule has 1 aromatic carbocycles. The number of benzene rings is 1. The Morgan fingerprint density at radius 1 is 1.50 bits per heavy atom. The van der Waals surface area contributed by atoms with E-state index in [1.165, 1.54) is 11.1 Å². The van der Waals surface area contributed by atoms with Crippen LogP contribution in [0.4, 0.5) is 0 Å². The standard InChI is InChI=1S/C17H22N2O/c1-5-10-18-16-9-8-14-7-6-13(11-15(14)16)12-19(20)17(2,3)4/h1,6-7,11-12,16,18H,8-10H2,2-4H3/b19-12-/t16-/m1/s1. The smallest absolute Gasteiger partial charge is 0.182 e. The van der Waals surface area contributed by atoms with Crippen LogP contribution < -0.4 is 5.32 Å². The van der Waals surface area contributed by atoms with Crippen LogP contribution in [0.25, 0.3) is 0 Å². The molecule has 0 aromatic heterocycles. The molecular weight excluding hydrogens is 248 g/mol. The van der Waals surface area contributed by atoms with Crippen LogP contribution in [0.2, 0.25) is 0 Å². The van der Waals surface area contributed by atoms with Gasteiger partial charge in [0.15, 0.2) is 11.8 Å². The Morgan fingerprint density at radius 3 is 2.90 bits per heavy atom. The second-order valence-corrected chi connectivity index (χ2v) is 6.26. The van der Waals surface area contributed by atoms with E-state index in [9.17, 15) is 5.21 Å². The number of hydrogen-bond donors (Lipinski definition) is 1. The Morgan fingerprint density at radius 2 is 2.25 bits per heavy atom. The van der Waals surface area contributed by atoms with Gasteiger partial charge in [-0.2, -0.15) is 0 Å². The van der Waals surface area contributed by atoms with Gasteiger partial charge in [0, 0.05) is 32.4 Å². The zero-order valence-electron chi connectivity index (χ0n) is 12.4. The largest absolute Gasteiger partial charge is 0.623 e. The molecule has 20 heavy (non-hydrogen) atoms. The highest BCUT2D eigenvalue weighted by molar-refractivity contribution is 5.76. The topological polar surface area (TPSA) is 38.1 Å². The molecule has 0 amide bonds. The van der Waals surface area contributed by atoms with Crippen LogP contribution in [0.5, 0.6) is 0 Å². The number of fused-ring (bicyclic) bond motifs is 1. The molecule has 2 rings (SSSR count). The third kappa shape index (κ3) is 3.20. The summed E-state index contributed by atoms with van der Waals surface area (Å²) in [6.07, 6.45) is 9.11. The molecule has 0 spiro atoms. The molecule has 1 atom stereocenters. The van der Waals surface area contributed by atoms with Gasteiger partial charge in [-0.25, -0.2) is 4.74 Å². The maximum absolute atomic E-state index is 12.0. The summed E-state index contributed by atoms with van der Waals surface area (Å²) in [5, 5.41) is 15.4. The highest BCUT2D eigenvalue weighted by Gasteiger charge is 2.23. The van der Waals surface area contributed by atoms with E-state index in [1.54, 1.807) is 6.21 Å². The van der Waals surface area contributed by atoms with Crippen LogP contribution in [-0.2, 0) is 6.42 Å². The molecular formula is C17H22N2O. The first-order valence-electron chi connectivity index (χ1n) is 7.03. The summed E-state index contributed by atoms with van der Waals surface area (Å²) in [6.45, 7) is 6.29. The van der Waals surface area contributed by atoms with E-state index in [1.807, 2.05) is 26.8 Å². The molecule has 0 fully saturated rings. The lowest BCUT2D eigenvalue weighted by Crippen LogP contribution is -2.29. The van der Waals surface area contributed by atoms with E-state index in [0.717, 1.165) is 23.1 Å². The minimum absolute atomic E-state index is 0.309. The van der Waals surface area contributed by atoms with E-state index in [4.69, 9.17) is 6.42 Å². The van der Waals surface area contributed by atoms with Gasteiger partial charge in [-0.3, -0.25) is 5.32 Å². The maximum Gasteiger partial charge on any atom is 0.182 e. The highest BCUT2D eigenvalue weighted by Crippen LogP contribution is 2.31. The van der Waals surface area contributed by atoms with Gasteiger partial charge in [0.2, 0.25) is 0 Å². The number of aryl methyl sites for hydroxylation is 1. The van der Waals surface area contributed by atoms with Gasteiger partial charge in [-0.15, -0.1) is 6.42 Å². The van der Waals surface area contributed by atoms with Crippen LogP contribution >= 0.6 is 0 Å². The Balaban J connectivity index is 2.26. The Kier molecular flexibility index (Phi) is 4.15. The van der Waals surface area contributed by atoms with Crippen molar-refractivity contribution in [3.8, 4) is 12.3 Å². The van der Waals surface area contributed by atoms with Gasteiger partial charge in [0.05, 0.1) is 6.54 Å². The summed E-state index contributed by atoms with van der Waals surface area (Å²) in [6, 6.07) is 6.55. The number of hydroxylamine groups is 1. The molecule has 0 unspecified atom stereocenters. The van der Waals surface area contributed by atoms with Crippen molar-refractivity contribution in [2.24, 2.45) is 0 Å². The second-order valence-electron chi connectivity index (χ2n) is 6.26. The fourth-order valence-electron chi connectivity index (χ4n) is 2.42. The predicted molar refractivity (Wildman–Crippen MR) is 82.9 cm³/mol. The predicted octanol–water partition coefficient (Wildman–Crippen LogP) is 2.62. The summed E-state index contributed by atoms with van der Waals surface area (Å²) in [5.74, 6) is 2.61. The van der Waals surface area contributed by atoms with Gasteiger partial charge < -0.3 is 5.21 Å². The normalized spacial score (nSPS) is 18.7. The molecule has 106 valence electrons. The fourth-order valence-corrected chi connectivity index (χ4v) is 2.42. The van der Waals surface area contributed by atoms with Crippen molar-refractivity contribution < 1.29 is 4.74 Å². The molecule has 1 N–H and O–H groups in total. The summed E-state index contributed by atoms with van der Waals surface area (Å²) >= 11 is 0. The molecule has 0 heterocycles. The molecule has 1 aliphatic carbocycles. The maximum atomic E-state index is 12.0. The van der Waals surface area contributed by atoms with Gasteiger partial charge in [0.25, 0.3) is 0 Å². The number of terminal acetylenes is 1. The Hall–Kier alpha value is -1.79. The average molecular weight is 270 g/mol. The molecule has 3 heteroatoms. The monoisotopic (exact) mass is 270 g/mol. The van der Waals surface area contributed by atoms with Crippen LogP contribution in [0, 0.1) is 17.6 Å². The van der Waals surface area contributed by atoms with Crippen LogP contribution in [0.1, 0.15) is 49.9 Å². The van der Waals surface area contributed by atoms with Crippen molar-refractivity contribution in [1.82, 2.24) is 5.32 Å². The van der Waals surface area contributed by atoms with E-state index in [2.05, 4.69) is 23.4 Å². The minimum Gasteiger partial charge on any atom is -0.623 e. The summed E-state index contributed by atoms with van der Waals surface area (Å²) in [7, 11) is 0. The first kappa shape index (κ1) is 14.6. The van der Waals surface area contributed by atoms with E-state index in [-0.39, 0.29) is 0 Å². The zero-order chi connectivity index (χ0) is 14.8. The molecule has 1 aliphatic rings. The number of rotatable bonds is 3. The third-order valence-corrected chi connectivity index (χ3v) is 3.63. The number of nitrogens with one attached hydrogen (secondary N) is 1. The average Bonchev–Trinajstić information content (AvgIpc) is 2.77. The van der Waals surface area contributed by atoms with Gasteiger partial charge in [-0.05, 0) is 36.1 Å². The Bertz CT molecular complexity index is 561. The molecule has 0 saturated heterocycles. The van der Waals surface area contributed by atoms with Crippen molar-refractivity contribution in [1.29, 1.82) is 0 Å². The lowest BCUT2D eigenvalue weighted by Gasteiger charge is -2.19. The first-order chi connectivity index (χ1) is 9.41. The van der Waals surface area contributed by atoms with Crippen molar-refractivity contribution in [3.05, 3.63) is 40.1 Å². The quantitative estimate of drug-likeness (QED) is 0.301. The van der Waals surface area contributed by atoms with Crippen LogP contribution in [-0.4, -0.2) is 23.0 Å². The Labute approximate surface area is 121 Å². The van der Waals surface area contributed by atoms with Gasteiger partial charge in [0.1, 0.15) is 0 Å². The minimum atomic E-state index is -0.417. The van der Waals surface area contributed by atoms with Crippen LogP contribution in [0.15, 0.2) is 18.2 Å². The van der Waals surface area contributed by atoms with Gasteiger partial charge in [-0.1, -0.05) is 12.0 Å². The van der Waals surface area contributed by atoms with E-state index >= 15 is 0 Å². The van der Waals surface area contributed by atoms with Crippen molar-refractivity contribution >= 4 is 6.21 Å². The highest BCUT2D eigenvalue weighted by atomic mass is 16.5. The van der Waals surface area contributed by atoms with Crippen LogP contribution in [0.3, 0.4) is 0 Å². The fraction of sp³-hybridized carbons (Fsp3) is 0.471. The first-order valence-corrected chi connectivity index (χ1v) is 7.03. The number of hydrogen-bond acceptors (Lipinski definition) is 2. The zero-order valence-corrected chi connectivity index (χ0v) is 12.4. The summed E-state index contributed by atoms with van der Waals surface area (Å²) in [4.78, 5) is 0. The van der Waals surface area contributed by atoms with Crippen molar-refractivity contribution in [2.45, 2.75) is 45.2 Å². The van der Waals surface area contributed by atoms with E-state index < -0.39 is 5.54 Å². The van der Waals surface area contributed by atoms with Crippen molar-refractivity contribution in [2.75, 3.05) is 6.54 Å². The lowest BCUT2D eigenvalue weighted by atomic mass is 10.0. The third-order valence-electron chi connectivity index (χ3n) is 3.63. The lowest BCUT2D eigenvalue weighted by molar-refractivity contribution is -0.530. The second kappa shape index (κ2) is 5.68. The molecule has 0 bridgehead atoms. The SMILES string of the molecule is C#CCN[C@@H]1CCc2ccc(/C=[N+](\[O-])C(C)(C)C)cc21. The van der Waals surface area contributed by atoms with Gasteiger partial charge >= 0.3 is 0 Å². The molecule has 3 nitrogen and oxygen atoms in total. The summed E-state index contributed by atoms with van der Waals surface area (Å²) in [5.41, 5.74) is 3.16. The molecule has 0 radical (unpaired) electrons. The van der Waals surface area contributed by atoms with Crippen molar-refractivity contribution in [3.63, 3.8) is 0 Å². The number of nitrogens with zero attached hydrogens (tertiary/aromatic N) is 1.